The van der Waals surface area contributed by atoms with Crippen LogP contribution in [0.5, 0.6) is 11.5 Å². The number of aryl methyl sites for hydroxylation is 2. The van der Waals surface area contributed by atoms with Gasteiger partial charge in [0.05, 0.1) is 28.4 Å². The zero-order chi connectivity index (χ0) is 36.8. The lowest BCUT2D eigenvalue weighted by molar-refractivity contribution is 0.484. The summed E-state index contributed by atoms with van der Waals surface area (Å²) in [6.45, 7) is 18.3. The maximum Gasteiger partial charge on any atom is 0.145 e. The fourth-order valence-electron chi connectivity index (χ4n) is 8.30. The van der Waals surface area contributed by atoms with Crippen molar-refractivity contribution in [3.8, 4) is 28.6 Å². The first kappa shape index (κ1) is 32.9. The molecule has 0 aliphatic carbocycles. The molecule has 0 aliphatic rings. The lowest BCUT2D eigenvalue weighted by Crippen LogP contribution is -2.22. The van der Waals surface area contributed by atoms with Crippen LogP contribution < -0.4 is 4.74 Å². The van der Waals surface area contributed by atoms with E-state index in [2.05, 4.69) is 162 Å². The number of rotatable bonds is 4. The highest BCUT2D eigenvalue weighted by Gasteiger charge is 2.28. The molecule has 4 aromatic heterocycles. The van der Waals surface area contributed by atoms with Crippen molar-refractivity contribution in [3.05, 3.63) is 144 Å². The predicted octanol–water partition coefficient (Wildman–Crippen LogP) is 12.8. The Morgan fingerprint density at radius 2 is 1.19 bits per heavy atom. The number of nitrogens with zero attached hydrogens (tertiary/aromatic N) is 4. The molecule has 0 bridgehead atoms. The smallest absolute Gasteiger partial charge is 0.145 e. The molecule has 0 amide bonds. The van der Waals surface area contributed by atoms with Gasteiger partial charge in [-0.15, -0.1) is 0 Å². The van der Waals surface area contributed by atoms with Crippen molar-refractivity contribution in [1.82, 2.24) is 18.9 Å². The Morgan fingerprint density at radius 1 is 0.528 bits per heavy atom. The van der Waals surface area contributed by atoms with E-state index >= 15 is 0 Å². The number of ether oxygens (including phenoxy) is 1. The maximum atomic E-state index is 6.74. The van der Waals surface area contributed by atoms with E-state index < -0.39 is 0 Å². The van der Waals surface area contributed by atoms with Crippen LogP contribution in [0.3, 0.4) is 0 Å². The van der Waals surface area contributed by atoms with E-state index in [0.717, 1.165) is 55.9 Å². The number of hydrogen-bond acceptors (Lipinski definition) is 3. The van der Waals surface area contributed by atoms with Crippen LogP contribution in [0.4, 0.5) is 0 Å². The molecule has 0 saturated heterocycles. The van der Waals surface area contributed by atoms with Crippen LogP contribution in [0.15, 0.2) is 122 Å². The van der Waals surface area contributed by atoms with Crippen molar-refractivity contribution in [2.45, 2.75) is 66.2 Å². The van der Waals surface area contributed by atoms with Crippen molar-refractivity contribution in [3.63, 3.8) is 0 Å². The van der Waals surface area contributed by atoms with Gasteiger partial charge in [0, 0.05) is 39.4 Å². The second-order valence-electron chi connectivity index (χ2n) is 16.5. The molecule has 5 heteroatoms. The summed E-state index contributed by atoms with van der Waals surface area (Å²) in [7, 11) is 0. The Balaban J connectivity index is 1.28. The Labute approximate surface area is 310 Å². The van der Waals surface area contributed by atoms with Gasteiger partial charge >= 0.3 is 0 Å². The van der Waals surface area contributed by atoms with Gasteiger partial charge in [0.15, 0.2) is 0 Å². The summed E-state index contributed by atoms with van der Waals surface area (Å²) >= 11 is 0. The van der Waals surface area contributed by atoms with Gasteiger partial charge in [-0.3, -0.25) is 8.97 Å². The quantitative estimate of drug-likeness (QED) is 0.172. The lowest BCUT2D eigenvalue weighted by atomic mass is 9.74. The zero-order valence-corrected chi connectivity index (χ0v) is 31.7. The number of imidazole rings is 1. The summed E-state index contributed by atoms with van der Waals surface area (Å²) in [5.74, 6) is 2.40. The monoisotopic (exact) mass is 692 g/mol. The Kier molecular flexibility index (Phi) is 7.33. The Morgan fingerprint density at radius 3 is 1.91 bits per heavy atom. The molecule has 0 atom stereocenters. The summed E-state index contributed by atoms with van der Waals surface area (Å²) in [5.41, 5.74) is 11.7. The molecule has 5 aromatic carbocycles. The minimum atomic E-state index is -0.0432. The molecule has 262 valence electrons. The standard InChI is InChI=1S/C48H44N4O/c1-29-14-13-15-30(2)45(29)43-28-50-46-37-24-31(19-21-33(37)36-26-38(47(3,4)5)39(48(6,7)8)27-42(36)52(43)46)53-32-20-22-35-34-16-9-10-17-40(34)51(41(35)25-32)44-18-11-12-23-49-44/h9-28H,1-8H3. The number of benzene rings is 5. The normalized spacial score (nSPS) is 12.5. The van der Waals surface area contributed by atoms with Crippen molar-refractivity contribution in [2.75, 3.05) is 0 Å². The molecule has 4 heterocycles. The molecule has 0 fully saturated rings. The highest BCUT2D eigenvalue weighted by atomic mass is 16.5. The van der Waals surface area contributed by atoms with Gasteiger partial charge in [-0.25, -0.2) is 9.97 Å². The van der Waals surface area contributed by atoms with Gasteiger partial charge < -0.3 is 4.74 Å². The van der Waals surface area contributed by atoms with Crippen LogP contribution in [-0.4, -0.2) is 18.9 Å². The number of hydrogen-bond donors (Lipinski definition) is 0. The zero-order valence-electron chi connectivity index (χ0n) is 31.7. The van der Waals surface area contributed by atoms with Crippen LogP contribution in [0.25, 0.3) is 66.2 Å². The van der Waals surface area contributed by atoms with E-state index in [1.165, 1.54) is 44.1 Å². The molecule has 5 nitrogen and oxygen atoms in total. The third-order valence-corrected chi connectivity index (χ3v) is 10.8. The van der Waals surface area contributed by atoms with Crippen molar-refractivity contribution >= 4 is 49.1 Å². The highest BCUT2D eigenvalue weighted by molar-refractivity contribution is 6.13. The van der Waals surface area contributed by atoms with Crippen molar-refractivity contribution in [2.24, 2.45) is 0 Å². The van der Waals surface area contributed by atoms with Gasteiger partial charge in [-0.1, -0.05) is 84.0 Å². The summed E-state index contributed by atoms with van der Waals surface area (Å²) in [6, 6.07) is 38.7. The second kappa shape index (κ2) is 11.8. The first-order chi connectivity index (χ1) is 25.4. The Bertz CT molecular complexity index is 2880. The van der Waals surface area contributed by atoms with E-state index in [1.807, 2.05) is 24.4 Å². The van der Waals surface area contributed by atoms with Crippen LogP contribution in [-0.2, 0) is 10.8 Å². The van der Waals surface area contributed by atoms with Crippen LogP contribution >= 0.6 is 0 Å². The van der Waals surface area contributed by atoms with E-state index in [1.54, 1.807) is 0 Å². The van der Waals surface area contributed by atoms with Crippen molar-refractivity contribution < 1.29 is 4.74 Å². The molecular weight excluding hydrogens is 649 g/mol. The van der Waals surface area contributed by atoms with Gasteiger partial charge in [0.2, 0.25) is 0 Å². The topological polar surface area (TPSA) is 44.3 Å². The van der Waals surface area contributed by atoms with E-state index in [-0.39, 0.29) is 10.8 Å². The first-order valence-electron chi connectivity index (χ1n) is 18.5. The fraction of sp³-hybridized carbons (Fsp3) is 0.208. The molecule has 53 heavy (non-hydrogen) atoms. The molecule has 0 spiro atoms. The fourth-order valence-corrected chi connectivity index (χ4v) is 8.30. The van der Waals surface area contributed by atoms with Gasteiger partial charge in [-0.2, -0.15) is 0 Å². The second-order valence-corrected chi connectivity index (χ2v) is 16.5. The first-order valence-corrected chi connectivity index (χ1v) is 18.5. The van der Waals surface area contributed by atoms with E-state index in [4.69, 9.17) is 14.7 Å². The largest absolute Gasteiger partial charge is 0.457 e. The summed E-state index contributed by atoms with van der Waals surface area (Å²) in [4.78, 5) is 9.88. The lowest BCUT2D eigenvalue weighted by Gasteiger charge is -2.31. The summed E-state index contributed by atoms with van der Waals surface area (Å²) in [5, 5.41) is 5.77. The minimum Gasteiger partial charge on any atom is -0.457 e. The van der Waals surface area contributed by atoms with Crippen LogP contribution in [0, 0.1) is 13.8 Å². The molecule has 0 radical (unpaired) electrons. The van der Waals surface area contributed by atoms with Gasteiger partial charge in [0.1, 0.15) is 23.0 Å². The molecule has 9 aromatic rings. The molecule has 0 unspecified atom stereocenters. The van der Waals surface area contributed by atoms with Gasteiger partial charge in [-0.05, 0) is 113 Å². The number of para-hydroxylation sites is 1. The molecule has 0 N–H and O–H groups in total. The maximum absolute atomic E-state index is 6.74. The number of aromatic nitrogens is 4. The third-order valence-electron chi connectivity index (χ3n) is 10.8. The average Bonchev–Trinajstić information content (AvgIpc) is 3.70. The predicted molar refractivity (Wildman–Crippen MR) is 221 cm³/mol. The van der Waals surface area contributed by atoms with E-state index in [0.29, 0.717) is 0 Å². The van der Waals surface area contributed by atoms with Crippen LogP contribution in [0.2, 0.25) is 0 Å². The van der Waals surface area contributed by atoms with Crippen molar-refractivity contribution in [1.29, 1.82) is 0 Å². The molecular formula is C48H44N4O. The van der Waals surface area contributed by atoms with E-state index in [9.17, 15) is 0 Å². The highest BCUT2D eigenvalue weighted by Crippen LogP contribution is 2.43. The van der Waals surface area contributed by atoms with Crippen LogP contribution in [0.1, 0.15) is 63.8 Å². The molecule has 0 aliphatic heterocycles. The molecule has 0 saturated carbocycles. The molecule has 9 rings (SSSR count). The minimum absolute atomic E-state index is 0.0398. The Hall–Kier alpha value is -5.94. The summed E-state index contributed by atoms with van der Waals surface area (Å²) in [6.07, 6.45) is 3.89. The number of pyridine rings is 2. The number of fused-ring (bicyclic) bond motifs is 9. The van der Waals surface area contributed by atoms with Gasteiger partial charge in [0.25, 0.3) is 0 Å². The summed E-state index contributed by atoms with van der Waals surface area (Å²) < 4.78 is 11.3. The SMILES string of the molecule is Cc1cccc(C)c1-c1cnc2c3cc(Oc4ccc5c6ccccc6n(-c6ccccn6)c5c4)ccc3c3cc(C(C)(C)C)c(C(C)(C)C)cc3n12. The average molecular weight is 693 g/mol. The third kappa shape index (κ3) is 5.29.